The van der Waals surface area contributed by atoms with E-state index in [1.165, 1.54) is 0 Å². The number of aliphatic hydroxyl groups is 1. The van der Waals surface area contributed by atoms with Crippen LogP contribution in [0.1, 0.15) is 24.2 Å². The number of halogens is 2. The van der Waals surface area contributed by atoms with E-state index >= 15 is 0 Å². The molecular formula is C15H14Cl2O2. The molecule has 0 fully saturated rings. The summed E-state index contributed by atoms with van der Waals surface area (Å²) in [6.45, 7) is 3.63. The molecule has 2 nitrogen and oxygen atoms in total. The third-order valence-corrected chi connectivity index (χ3v) is 3.36. The molecule has 0 amide bonds. The van der Waals surface area contributed by atoms with E-state index in [0.717, 1.165) is 5.56 Å². The van der Waals surface area contributed by atoms with Crippen molar-refractivity contribution < 1.29 is 9.84 Å². The van der Waals surface area contributed by atoms with Crippen LogP contribution in [-0.4, -0.2) is 5.11 Å². The van der Waals surface area contributed by atoms with Gasteiger partial charge in [0.25, 0.3) is 0 Å². The predicted octanol–water partition coefficient (Wildman–Crippen LogP) is 5.15. The Kier molecular flexibility index (Phi) is 4.35. The number of ether oxygens (including phenoxy) is 1. The van der Waals surface area contributed by atoms with Gasteiger partial charge in [-0.25, -0.2) is 0 Å². The fraction of sp³-hybridized carbons (Fsp3) is 0.200. The maximum Gasteiger partial charge on any atom is 0.146 e. The molecule has 2 rings (SSSR count). The average Bonchev–Trinajstić information content (AvgIpc) is 2.32. The Labute approximate surface area is 122 Å². The number of hydrogen-bond donors (Lipinski definition) is 1. The third-order valence-electron chi connectivity index (χ3n) is 2.74. The number of hydrogen-bond acceptors (Lipinski definition) is 2. The number of aryl methyl sites for hydroxylation is 1. The van der Waals surface area contributed by atoms with Crippen LogP contribution in [0.3, 0.4) is 0 Å². The highest BCUT2D eigenvalue weighted by molar-refractivity contribution is 6.32. The van der Waals surface area contributed by atoms with Crippen molar-refractivity contribution in [2.75, 3.05) is 0 Å². The van der Waals surface area contributed by atoms with E-state index in [-0.39, 0.29) is 0 Å². The molecular weight excluding hydrogens is 283 g/mol. The Hall–Kier alpha value is -1.22. The lowest BCUT2D eigenvalue weighted by molar-refractivity contribution is 0.199. The molecule has 1 atom stereocenters. The third kappa shape index (κ3) is 3.41. The molecule has 100 valence electrons. The molecule has 0 bridgehead atoms. The summed E-state index contributed by atoms with van der Waals surface area (Å²) >= 11 is 12.2. The van der Waals surface area contributed by atoms with Crippen LogP contribution in [0.4, 0.5) is 0 Å². The minimum Gasteiger partial charge on any atom is -0.456 e. The Morgan fingerprint density at radius 1 is 1.05 bits per heavy atom. The van der Waals surface area contributed by atoms with Crippen LogP contribution in [-0.2, 0) is 0 Å². The summed E-state index contributed by atoms with van der Waals surface area (Å²) in [5.41, 5.74) is 1.74. The molecule has 0 aliphatic rings. The van der Waals surface area contributed by atoms with E-state index in [1.54, 1.807) is 25.1 Å². The van der Waals surface area contributed by atoms with Crippen molar-refractivity contribution in [3.8, 4) is 11.5 Å². The van der Waals surface area contributed by atoms with Crippen molar-refractivity contribution in [1.82, 2.24) is 0 Å². The highest BCUT2D eigenvalue weighted by Gasteiger charge is 2.09. The molecule has 2 aromatic carbocycles. The summed E-state index contributed by atoms with van der Waals surface area (Å²) in [6, 6.07) is 10.7. The number of benzene rings is 2. The molecule has 0 spiro atoms. The van der Waals surface area contributed by atoms with Crippen molar-refractivity contribution >= 4 is 23.2 Å². The minimum absolute atomic E-state index is 0.468. The van der Waals surface area contributed by atoms with Crippen molar-refractivity contribution in [3.05, 3.63) is 57.6 Å². The Morgan fingerprint density at radius 2 is 1.79 bits per heavy atom. The predicted molar refractivity (Wildman–Crippen MR) is 78.3 cm³/mol. The molecule has 4 heteroatoms. The molecule has 0 aliphatic heterocycles. The van der Waals surface area contributed by atoms with Crippen molar-refractivity contribution in [1.29, 1.82) is 0 Å². The first-order valence-electron chi connectivity index (χ1n) is 5.89. The quantitative estimate of drug-likeness (QED) is 0.849. The Morgan fingerprint density at radius 3 is 2.37 bits per heavy atom. The van der Waals surface area contributed by atoms with Crippen LogP contribution in [0, 0.1) is 6.92 Å². The Balaban J connectivity index is 2.26. The van der Waals surface area contributed by atoms with E-state index in [1.807, 2.05) is 25.1 Å². The SMILES string of the molecule is Cc1ccc(Oc2ccc(C(C)O)c(Cl)c2)c(Cl)c1. The zero-order valence-corrected chi connectivity index (χ0v) is 12.2. The van der Waals surface area contributed by atoms with Crippen molar-refractivity contribution in [3.63, 3.8) is 0 Å². The second-order valence-corrected chi connectivity index (χ2v) is 5.21. The normalized spacial score (nSPS) is 12.3. The highest BCUT2D eigenvalue weighted by atomic mass is 35.5. The smallest absolute Gasteiger partial charge is 0.146 e. The monoisotopic (exact) mass is 296 g/mol. The van der Waals surface area contributed by atoms with E-state index in [0.29, 0.717) is 27.1 Å². The maximum absolute atomic E-state index is 9.51. The van der Waals surface area contributed by atoms with E-state index in [2.05, 4.69) is 0 Å². The summed E-state index contributed by atoms with van der Waals surface area (Å²) in [6.07, 6.45) is -0.607. The van der Waals surface area contributed by atoms with Gasteiger partial charge in [0.05, 0.1) is 16.1 Å². The van der Waals surface area contributed by atoms with Gasteiger partial charge in [-0.3, -0.25) is 0 Å². The maximum atomic E-state index is 9.51. The highest BCUT2D eigenvalue weighted by Crippen LogP contribution is 2.33. The van der Waals surface area contributed by atoms with Crippen LogP contribution in [0.5, 0.6) is 11.5 Å². The largest absolute Gasteiger partial charge is 0.456 e. The first kappa shape index (κ1) is 14.2. The van der Waals surface area contributed by atoms with Crippen molar-refractivity contribution in [2.45, 2.75) is 20.0 Å². The van der Waals surface area contributed by atoms with Crippen LogP contribution >= 0.6 is 23.2 Å². The van der Waals surface area contributed by atoms with Crippen molar-refractivity contribution in [2.24, 2.45) is 0 Å². The lowest BCUT2D eigenvalue weighted by atomic mass is 10.1. The van der Waals surface area contributed by atoms with Crippen LogP contribution < -0.4 is 4.74 Å². The fourth-order valence-electron chi connectivity index (χ4n) is 1.73. The molecule has 1 N–H and O–H groups in total. The van der Waals surface area contributed by atoms with Gasteiger partial charge in [0.1, 0.15) is 11.5 Å². The van der Waals surface area contributed by atoms with Crippen LogP contribution in [0.15, 0.2) is 36.4 Å². The molecule has 2 aromatic rings. The zero-order chi connectivity index (χ0) is 14.0. The van der Waals surface area contributed by atoms with Gasteiger partial charge in [-0.05, 0) is 49.2 Å². The first-order chi connectivity index (χ1) is 8.97. The second kappa shape index (κ2) is 5.83. The standard InChI is InChI=1S/C15H14Cl2O2/c1-9-3-6-15(14(17)7-9)19-11-4-5-12(10(2)18)13(16)8-11/h3-8,10,18H,1-2H3. The number of rotatable bonds is 3. The van der Waals surface area contributed by atoms with E-state index in [9.17, 15) is 5.11 Å². The topological polar surface area (TPSA) is 29.5 Å². The van der Waals surface area contributed by atoms with Gasteiger partial charge in [-0.1, -0.05) is 35.3 Å². The first-order valence-corrected chi connectivity index (χ1v) is 6.64. The zero-order valence-electron chi connectivity index (χ0n) is 10.7. The Bertz CT molecular complexity index is 595. The summed E-state index contributed by atoms with van der Waals surface area (Å²) in [5.74, 6) is 1.16. The number of aliphatic hydroxyl groups excluding tert-OH is 1. The van der Waals surface area contributed by atoms with Crippen LogP contribution in [0.2, 0.25) is 10.0 Å². The fourth-order valence-corrected chi connectivity index (χ4v) is 2.33. The molecule has 0 aromatic heterocycles. The van der Waals surface area contributed by atoms with Crippen LogP contribution in [0.25, 0.3) is 0 Å². The molecule has 0 saturated heterocycles. The summed E-state index contributed by atoms with van der Waals surface area (Å²) < 4.78 is 5.68. The summed E-state index contributed by atoms with van der Waals surface area (Å²) in [7, 11) is 0. The van der Waals surface area contributed by atoms with Gasteiger partial charge in [-0.15, -0.1) is 0 Å². The molecule has 1 unspecified atom stereocenters. The lowest BCUT2D eigenvalue weighted by Gasteiger charge is -2.11. The summed E-state index contributed by atoms with van der Waals surface area (Å²) in [4.78, 5) is 0. The summed E-state index contributed by atoms with van der Waals surface area (Å²) in [5, 5.41) is 10.5. The van der Waals surface area contributed by atoms with Gasteiger partial charge >= 0.3 is 0 Å². The molecule has 0 radical (unpaired) electrons. The average molecular weight is 297 g/mol. The van der Waals surface area contributed by atoms with Gasteiger partial charge in [0, 0.05) is 0 Å². The van der Waals surface area contributed by atoms with Gasteiger partial charge < -0.3 is 9.84 Å². The van der Waals surface area contributed by atoms with Gasteiger partial charge in [0.15, 0.2) is 0 Å². The van der Waals surface area contributed by atoms with E-state index in [4.69, 9.17) is 27.9 Å². The van der Waals surface area contributed by atoms with Gasteiger partial charge in [-0.2, -0.15) is 0 Å². The molecule has 0 aliphatic carbocycles. The lowest BCUT2D eigenvalue weighted by Crippen LogP contribution is -1.93. The molecule has 0 heterocycles. The van der Waals surface area contributed by atoms with Gasteiger partial charge in [0.2, 0.25) is 0 Å². The second-order valence-electron chi connectivity index (χ2n) is 4.40. The molecule has 0 saturated carbocycles. The molecule has 19 heavy (non-hydrogen) atoms. The minimum atomic E-state index is -0.607. The van der Waals surface area contributed by atoms with E-state index < -0.39 is 6.10 Å².